The first-order valence-electron chi connectivity index (χ1n) is 7.92. The zero-order chi connectivity index (χ0) is 19.4. The Labute approximate surface area is 165 Å². The first-order valence-corrected chi connectivity index (χ1v) is 9.14. The van der Waals surface area contributed by atoms with Crippen molar-refractivity contribution in [2.24, 2.45) is 0 Å². The molecule has 3 rings (SSSR count). The van der Waals surface area contributed by atoms with Crippen LogP contribution in [0.3, 0.4) is 0 Å². The van der Waals surface area contributed by atoms with Crippen molar-refractivity contribution in [1.82, 2.24) is 4.90 Å². The van der Waals surface area contributed by atoms with Crippen LogP contribution in [0.4, 0.5) is 4.39 Å². The van der Waals surface area contributed by atoms with Crippen LogP contribution in [0, 0.1) is 5.82 Å². The molecule has 0 saturated carbocycles. The number of carbonyl (C=O) groups is 2. The van der Waals surface area contributed by atoms with Crippen LogP contribution in [-0.4, -0.2) is 27.6 Å². The third-order valence-corrected chi connectivity index (χ3v) is 5.01. The molecular formula is C20H14FNO3S2. The first-order chi connectivity index (χ1) is 13.0. The van der Waals surface area contributed by atoms with Crippen molar-refractivity contribution in [1.29, 1.82) is 0 Å². The van der Waals surface area contributed by atoms with Gasteiger partial charge >= 0.3 is 5.97 Å². The molecule has 2 aromatic rings. The van der Waals surface area contributed by atoms with Crippen LogP contribution >= 0.6 is 24.0 Å². The molecule has 1 saturated heterocycles. The van der Waals surface area contributed by atoms with Crippen molar-refractivity contribution in [2.45, 2.75) is 0 Å². The Morgan fingerprint density at radius 2 is 2.00 bits per heavy atom. The SMILES string of the molecule is C=CCN1C(=O)C(=Cc2cccc(OC(=O)c3ccc(F)cc3)c2)SC1=S. The summed E-state index contributed by atoms with van der Waals surface area (Å²) in [6.07, 6.45) is 3.31. The average molecular weight is 399 g/mol. The van der Waals surface area contributed by atoms with Gasteiger partial charge in [-0.05, 0) is 48.0 Å². The molecule has 0 unspecified atom stereocenters. The number of carbonyl (C=O) groups excluding carboxylic acids is 2. The third kappa shape index (κ3) is 4.50. The number of hydrogen-bond acceptors (Lipinski definition) is 5. The van der Waals surface area contributed by atoms with E-state index in [9.17, 15) is 14.0 Å². The molecule has 2 aromatic carbocycles. The summed E-state index contributed by atoms with van der Waals surface area (Å²) in [7, 11) is 0. The molecule has 0 aromatic heterocycles. The van der Waals surface area contributed by atoms with E-state index in [1.54, 1.807) is 36.4 Å². The van der Waals surface area contributed by atoms with Gasteiger partial charge in [0.1, 0.15) is 15.9 Å². The lowest BCUT2D eigenvalue weighted by molar-refractivity contribution is -0.121. The van der Waals surface area contributed by atoms with E-state index < -0.39 is 11.8 Å². The van der Waals surface area contributed by atoms with Gasteiger partial charge in [0, 0.05) is 6.54 Å². The van der Waals surface area contributed by atoms with E-state index in [0.29, 0.717) is 27.1 Å². The van der Waals surface area contributed by atoms with Crippen LogP contribution in [0.2, 0.25) is 0 Å². The van der Waals surface area contributed by atoms with Crippen molar-refractivity contribution in [2.75, 3.05) is 6.54 Å². The lowest BCUT2D eigenvalue weighted by atomic mass is 10.2. The van der Waals surface area contributed by atoms with Gasteiger partial charge in [-0.1, -0.05) is 42.2 Å². The highest BCUT2D eigenvalue weighted by atomic mass is 32.2. The van der Waals surface area contributed by atoms with E-state index in [1.807, 2.05) is 0 Å². The Morgan fingerprint density at radius 3 is 2.70 bits per heavy atom. The smallest absolute Gasteiger partial charge is 0.343 e. The highest BCUT2D eigenvalue weighted by Crippen LogP contribution is 2.32. The fourth-order valence-corrected chi connectivity index (χ4v) is 3.63. The minimum atomic E-state index is -0.593. The number of thiocarbonyl (C=S) groups is 1. The summed E-state index contributed by atoms with van der Waals surface area (Å²) in [5, 5.41) is 0. The van der Waals surface area contributed by atoms with Gasteiger partial charge in [-0.15, -0.1) is 6.58 Å². The Bertz CT molecular complexity index is 954. The van der Waals surface area contributed by atoms with E-state index >= 15 is 0 Å². The number of ether oxygens (including phenoxy) is 1. The molecule has 1 amide bonds. The molecule has 1 heterocycles. The van der Waals surface area contributed by atoms with Crippen LogP contribution in [0.5, 0.6) is 5.75 Å². The molecular weight excluding hydrogens is 385 g/mol. The molecule has 1 aliphatic rings. The van der Waals surface area contributed by atoms with E-state index in [0.717, 1.165) is 0 Å². The molecule has 4 nitrogen and oxygen atoms in total. The summed E-state index contributed by atoms with van der Waals surface area (Å²) in [6, 6.07) is 11.9. The summed E-state index contributed by atoms with van der Waals surface area (Å²) in [5.74, 6) is -0.884. The van der Waals surface area contributed by atoms with E-state index in [4.69, 9.17) is 17.0 Å². The van der Waals surface area contributed by atoms with Crippen molar-refractivity contribution >= 4 is 46.3 Å². The maximum atomic E-state index is 13.0. The second kappa shape index (κ2) is 8.28. The molecule has 1 fully saturated rings. The molecule has 0 radical (unpaired) electrons. The minimum Gasteiger partial charge on any atom is -0.423 e. The number of benzene rings is 2. The van der Waals surface area contributed by atoms with Gasteiger partial charge in [0.05, 0.1) is 10.5 Å². The zero-order valence-electron chi connectivity index (χ0n) is 14.1. The fraction of sp³-hybridized carbons (Fsp3) is 0.0500. The van der Waals surface area contributed by atoms with Gasteiger partial charge < -0.3 is 4.74 Å². The van der Waals surface area contributed by atoms with Crippen LogP contribution in [0.1, 0.15) is 15.9 Å². The molecule has 0 aliphatic carbocycles. The number of amides is 1. The van der Waals surface area contributed by atoms with Gasteiger partial charge in [-0.2, -0.15) is 0 Å². The largest absolute Gasteiger partial charge is 0.423 e. The monoisotopic (exact) mass is 399 g/mol. The van der Waals surface area contributed by atoms with Gasteiger partial charge in [-0.25, -0.2) is 9.18 Å². The molecule has 0 bridgehead atoms. The normalized spacial score (nSPS) is 15.3. The number of halogens is 1. The Morgan fingerprint density at radius 1 is 1.26 bits per heavy atom. The standard InChI is InChI=1S/C20H14FNO3S2/c1-2-10-22-18(23)17(27-20(22)26)12-13-4-3-5-16(11-13)25-19(24)14-6-8-15(21)9-7-14/h2-9,11-12H,1,10H2. The van der Waals surface area contributed by atoms with Crippen LogP contribution < -0.4 is 4.74 Å². The zero-order valence-corrected chi connectivity index (χ0v) is 15.7. The number of nitrogens with zero attached hydrogens (tertiary/aromatic N) is 1. The summed E-state index contributed by atoms with van der Waals surface area (Å²) in [6.45, 7) is 3.98. The van der Waals surface area contributed by atoms with E-state index in [1.165, 1.54) is 40.9 Å². The van der Waals surface area contributed by atoms with E-state index in [-0.39, 0.29) is 11.5 Å². The highest BCUT2D eigenvalue weighted by molar-refractivity contribution is 8.26. The van der Waals surface area contributed by atoms with Gasteiger partial charge in [-0.3, -0.25) is 9.69 Å². The van der Waals surface area contributed by atoms with Gasteiger partial charge in [0.25, 0.3) is 5.91 Å². The number of esters is 1. The number of hydrogen-bond donors (Lipinski definition) is 0. The quantitative estimate of drug-likeness (QED) is 0.245. The molecule has 0 spiro atoms. The Hall–Kier alpha value is -2.77. The van der Waals surface area contributed by atoms with Crippen molar-refractivity contribution in [3.05, 3.63) is 83.0 Å². The summed E-state index contributed by atoms with van der Waals surface area (Å²) >= 11 is 6.42. The lowest BCUT2D eigenvalue weighted by Crippen LogP contribution is -2.27. The van der Waals surface area contributed by atoms with Gasteiger partial charge in [0.15, 0.2) is 0 Å². The van der Waals surface area contributed by atoms with Crippen LogP contribution in [-0.2, 0) is 4.79 Å². The lowest BCUT2D eigenvalue weighted by Gasteiger charge is -2.10. The average Bonchev–Trinajstić information content (AvgIpc) is 2.90. The molecule has 7 heteroatoms. The minimum absolute atomic E-state index is 0.182. The molecule has 1 aliphatic heterocycles. The van der Waals surface area contributed by atoms with Crippen LogP contribution in [0.25, 0.3) is 6.08 Å². The predicted octanol–water partition coefficient (Wildman–Crippen LogP) is 4.43. The second-order valence-corrected chi connectivity index (χ2v) is 7.23. The van der Waals surface area contributed by atoms with E-state index in [2.05, 4.69) is 6.58 Å². The molecule has 0 N–H and O–H groups in total. The van der Waals surface area contributed by atoms with Crippen molar-refractivity contribution < 1.29 is 18.7 Å². The predicted molar refractivity (Wildman–Crippen MR) is 108 cm³/mol. The Balaban J connectivity index is 1.77. The third-order valence-electron chi connectivity index (χ3n) is 3.63. The summed E-state index contributed by atoms with van der Waals surface area (Å²) in [4.78, 5) is 26.5. The second-order valence-electron chi connectivity index (χ2n) is 5.55. The summed E-state index contributed by atoms with van der Waals surface area (Å²) in [5.41, 5.74) is 0.936. The summed E-state index contributed by atoms with van der Waals surface area (Å²) < 4.78 is 18.8. The van der Waals surface area contributed by atoms with Crippen molar-refractivity contribution in [3.63, 3.8) is 0 Å². The highest BCUT2D eigenvalue weighted by Gasteiger charge is 2.30. The molecule has 27 heavy (non-hydrogen) atoms. The Kier molecular flexibility index (Phi) is 5.83. The van der Waals surface area contributed by atoms with Gasteiger partial charge in [0.2, 0.25) is 0 Å². The first kappa shape index (κ1) is 19.0. The molecule has 136 valence electrons. The van der Waals surface area contributed by atoms with Crippen LogP contribution in [0.15, 0.2) is 66.1 Å². The number of thioether (sulfide) groups is 1. The topological polar surface area (TPSA) is 46.6 Å². The van der Waals surface area contributed by atoms with Crippen molar-refractivity contribution in [3.8, 4) is 5.75 Å². The maximum Gasteiger partial charge on any atom is 0.343 e. The maximum absolute atomic E-state index is 13.0. The molecule has 0 atom stereocenters. The fourth-order valence-electron chi connectivity index (χ4n) is 2.36. The number of rotatable bonds is 5.